The average Bonchev–Trinajstić information content (AvgIpc) is 2.55. The van der Waals surface area contributed by atoms with Crippen LogP contribution < -0.4 is 10.2 Å². The van der Waals surface area contributed by atoms with E-state index in [0.717, 1.165) is 31.9 Å². The fraction of sp³-hybridized carbons (Fsp3) is 0.333. The molecule has 1 aliphatic heterocycles. The summed E-state index contributed by atoms with van der Waals surface area (Å²) in [4.78, 5) is 4.39. The van der Waals surface area contributed by atoms with Crippen LogP contribution >= 0.6 is 0 Å². The van der Waals surface area contributed by atoms with E-state index in [1.807, 2.05) is 30.3 Å². The van der Waals surface area contributed by atoms with Gasteiger partial charge in [0.1, 0.15) is 5.82 Å². The summed E-state index contributed by atoms with van der Waals surface area (Å²) in [6.45, 7) is 4.42. The highest BCUT2D eigenvalue weighted by atomic mass is 19.1. The fourth-order valence-corrected chi connectivity index (χ4v) is 2.72. The van der Waals surface area contributed by atoms with Crippen LogP contribution in [-0.4, -0.2) is 38.1 Å². The number of hydrogen-bond acceptors (Lipinski definition) is 3. The summed E-state index contributed by atoms with van der Waals surface area (Å²) in [6.07, 6.45) is 0. The molecule has 0 aliphatic carbocycles. The molecular weight excluding hydrogens is 277 g/mol. The summed E-state index contributed by atoms with van der Waals surface area (Å²) >= 11 is 0. The maximum Gasteiger partial charge on any atom is 0.148 e. The van der Waals surface area contributed by atoms with Crippen molar-refractivity contribution in [2.24, 2.45) is 0 Å². The van der Waals surface area contributed by atoms with E-state index < -0.39 is 0 Å². The molecule has 4 heteroatoms. The molecule has 3 rings (SSSR count). The Morgan fingerprint density at radius 1 is 1.00 bits per heavy atom. The van der Waals surface area contributed by atoms with Gasteiger partial charge in [0.25, 0.3) is 0 Å². The molecule has 1 saturated heterocycles. The molecule has 0 aromatic heterocycles. The zero-order valence-electron chi connectivity index (χ0n) is 12.9. The summed E-state index contributed by atoms with van der Waals surface area (Å²) in [5.41, 5.74) is 2.71. The molecule has 0 atom stereocenters. The summed E-state index contributed by atoms with van der Waals surface area (Å²) in [7, 11) is 2.10. The number of rotatable bonds is 4. The number of halogens is 1. The lowest BCUT2D eigenvalue weighted by Crippen LogP contribution is -2.44. The van der Waals surface area contributed by atoms with Gasteiger partial charge in [0.2, 0.25) is 0 Å². The zero-order valence-corrected chi connectivity index (χ0v) is 12.9. The number of anilines is 2. The molecule has 0 radical (unpaired) electrons. The number of nitrogens with one attached hydrogen (secondary N) is 1. The number of hydrogen-bond donors (Lipinski definition) is 1. The molecule has 0 saturated carbocycles. The predicted molar refractivity (Wildman–Crippen MR) is 89.9 cm³/mol. The molecule has 1 N–H and O–H groups in total. The SMILES string of the molecule is CN1CCN(c2ccc(NCc3ccccc3)cc2F)CC1. The van der Waals surface area contributed by atoms with E-state index in [1.165, 1.54) is 5.56 Å². The van der Waals surface area contributed by atoms with Crippen LogP contribution in [0.2, 0.25) is 0 Å². The van der Waals surface area contributed by atoms with Crippen molar-refractivity contribution < 1.29 is 4.39 Å². The monoisotopic (exact) mass is 299 g/mol. The van der Waals surface area contributed by atoms with Gasteiger partial charge in [-0.05, 0) is 30.8 Å². The fourth-order valence-electron chi connectivity index (χ4n) is 2.72. The molecule has 0 spiro atoms. The minimum atomic E-state index is -0.150. The number of piperazine rings is 1. The van der Waals surface area contributed by atoms with E-state index >= 15 is 0 Å². The maximum atomic E-state index is 14.4. The van der Waals surface area contributed by atoms with Crippen molar-refractivity contribution in [1.82, 2.24) is 4.90 Å². The van der Waals surface area contributed by atoms with E-state index in [-0.39, 0.29) is 5.82 Å². The Bertz CT molecular complexity index is 607. The van der Waals surface area contributed by atoms with Gasteiger partial charge < -0.3 is 15.1 Å². The molecule has 0 bridgehead atoms. The lowest BCUT2D eigenvalue weighted by Gasteiger charge is -2.34. The largest absolute Gasteiger partial charge is 0.381 e. The third kappa shape index (κ3) is 3.57. The average molecular weight is 299 g/mol. The molecule has 3 nitrogen and oxygen atoms in total. The van der Waals surface area contributed by atoms with Gasteiger partial charge in [0.05, 0.1) is 5.69 Å². The smallest absolute Gasteiger partial charge is 0.148 e. The van der Waals surface area contributed by atoms with E-state index in [0.29, 0.717) is 12.2 Å². The topological polar surface area (TPSA) is 18.5 Å². The molecule has 0 amide bonds. The van der Waals surface area contributed by atoms with Crippen molar-refractivity contribution >= 4 is 11.4 Å². The lowest BCUT2D eigenvalue weighted by atomic mass is 10.2. The standard InChI is InChI=1S/C18H22FN3/c1-21-9-11-22(12-10-21)18-8-7-16(13-17(18)19)20-14-15-5-3-2-4-6-15/h2-8,13,20H,9-12,14H2,1H3. The van der Waals surface area contributed by atoms with Crippen LogP contribution in [0.15, 0.2) is 48.5 Å². The van der Waals surface area contributed by atoms with Crippen molar-refractivity contribution in [1.29, 1.82) is 0 Å². The van der Waals surface area contributed by atoms with Gasteiger partial charge in [0, 0.05) is 38.4 Å². The first-order valence-electron chi connectivity index (χ1n) is 7.73. The van der Waals surface area contributed by atoms with Gasteiger partial charge >= 0.3 is 0 Å². The van der Waals surface area contributed by atoms with Crippen molar-refractivity contribution in [3.05, 3.63) is 59.9 Å². The maximum absolute atomic E-state index is 14.4. The van der Waals surface area contributed by atoms with Gasteiger partial charge in [-0.1, -0.05) is 30.3 Å². The Morgan fingerprint density at radius 2 is 1.73 bits per heavy atom. The Labute approximate surface area is 131 Å². The summed E-state index contributed by atoms with van der Waals surface area (Å²) < 4.78 is 14.4. The highest BCUT2D eigenvalue weighted by molar-refractivity contribution is 5.56. The van der Waals surface area contributed by atoms with Crippen molar-refractivity contribution in [2.75, 3.05) is 43.4 Å². The van der Waals surface area contributed by atoms with Crippen LogP contribution in [0.1, 0.15) is 5.56 Å². The Kier molecular flexibility index (Phi) is 4.59. The quantitative estimate of drug-likeness (QED) is 0.935. The van der Waals surface area contributed by atoms with Gasteiger partial charge in [-0.15, -0.1) is 0 Å². The molecular formula is C18H22FN3. The second-order valence-corrected chi connectivity index (χ2v) is 5.80. The zero-order chi connectivity index (χ0) is 15.4. The van der Waals surface area contributed by atoms with Crippen LogP contribution in [0, 0.1) is 5.82 Å². The molecule has 1 heterocycles. The van der Waals surface area contributed by atoms with Gasteiger partial charge in [-0.25, -0.2) is 4.39 Å². The van der Waals surface area contributed by atoms with E-state index in [4.69, 9.17) is 0 Å². The molecule has 2 aromatic rings. The molecule has 1 fully saturated rings. The second-order valence-electron chi connectivity index (χ2n) is 5.80. The molecule has 0 unspecified atom stereocenters. The van der Waals surface area contributed by atoms with Crippen molar-refractivity contribution in [2.45, 2.75) is 6.54 Å². The molecule has 1 aliphatic rings. The Hall–Kier alpha value is -2.07. The number of nitrogens with zero attached hydrogens (tertiary/aromatic N) is 2. The van der Waals surface area contributed by atoms with E-state index in [2.05, 4.69) is 34.3 Å². The summed E-state index contributed by atoms with van der Waals surface area (Å²) in [6, 6.07) is 15.6. The van der Waals surface area contributed by atoms with Gasteiger partial charge in [0.15, 0.2) is 0 Å². The van der Waals surface area contributed by atoms with Gasteiger partial charge in [-0.2, -0.15) is 0 Å². The first kappa shape index (κ1) is 14.9. The molecule has 116 valence electrons. The number of likely N-dealkylation sites (N-methyl/N-ethyl adjacent to an activating group) is 1. The minimum absolute atomic E-state index is 0.150. The van der Waals surface area contributed by atoms with Crippen LogP contribution in [0.5, 0.6) is 0 Å². The van der Waals surface area contributed by atoms with Crippen LogP contribution in [0.25, 0.3) is 0 Å². The lowest BCUT2D eigenvalue weighted by molar-refractivity contribution is 0.311. The number of benzene rings is 2. The molecule has 2 aromatic carbocycles. The first-order chi connectivity index (χ1) is 10.7. The molecule has 22 heavy (non-hydrogen) atoms. The van der Waals surface area contributed by atoms with Crippen LogP contribution in [0.4, 0.5) is 15.8 Å². The highest BCUT2D eigenvalue weighted by Gasteiger charge is 2.17. The Morgan fingerprint density at radius 3 is 2.41 bits per heavy atom. The second kappa shape index (κ2) is 6.79. The van der Waals surface area contributed by atoms with E-state index in [1.54, 1.807) is 6.07 Å². The van der Waals surface area contributed by atoms with Gasteiger partial charge in [-0.3, -0.25) is 0 Å². The highest BCUT2D eigenvalue weighted by Crippen LogP contribution is 2.24. The van der Waals surface area contributed by atoms with Crippen molar-refractivity contribution in [3.63, 3.8) is 0 Å². The first-order valence-corrected chi connectivity index (χ1v) is 7.73. The normalized spacial score (nSPS) is 15.8. The third-order valence-corrected chi connectivity index (χ3v) is 4.13. The third-order valence-electron chi connectivity index (χ3n) is 4.13. The Balaban J connectivity index is 1.64. The van der Waals surface area contributed by atoms with Crippen LogP contribution in [-0.2, 0) is 6.54 Å². The van der Waals surface area contributed by atoms with Crippen molar-refractivity contribution in [3.8, 4) is 0 Å². The summed E-state index contributed by atoms with van der Waals surface area (Å²) in [5.74, 6) is -0.150. The minimum Gasteiger partial charge on any atom is -0.381 e. The van der Waals surface area contributed by atoms with E-state index in [9.17, 15) is 4.39 Å². The summed E-state index contributed by atoms with van der Waals surface area (Å²) in [5, 5.41) is 3.27. The predicted octanol–water partition coefficient (Wildman–Crippen LogP) is 3.19. The van der Waals surface area contributed by atoms with Crippen LogP contribution in [0.3, 0.4) is 0 Å².